The Morgan fingerprint density at radius 3 is 2.88 bits per heavy atom. The molecule has 0 radical (unpaired) electrons. The van der Waals surface area contributed by atoms with Gasteiger partial charge in [-0.2, -0.15) is 5.10 Å². The zero-order chi connectivity index (χ0) is 17.9. The van der Waals surface area contributed by atoms with Crippen molar-refractivity contribution < 1.29 is 9.13 Å². The van der Waals surface area contributed by atoms with Gasteiger partial charge in [0, 0.05) is 12.1 Å². The molecule has 1 fully saturated rings. The van der Waals surface area contributed by atoms with Crippen LogP contribution < -0.4 is 9.64 Å². The first-order valence-corrected chi connectivity index (χ1v) is 8.61. The largest absolute Gasteiger partial charge is 0.497 e. The maximum Gasteiger partial charge on any atom is 0.246 e. The van der Waals surface area contributed by atoms with Crippen LogP contribution in [0.5, 0.6) is 5.75 Å². The number of hydrogen-bond donors (Lipinski definition) is 0. The van der Waals surface area contributed by atoms with E-state index in [4.69, 9.17) is 4.74 Å². The van der Waals surface area contributed by atoms with Gasteiger partial charge in [0.2, 0.25) is 5.95 Å². The van der Waals surface area contributed by atoms with Gasteiger partial charge in [0.05, 0.1) is 25.0 Å². The molecule has 1 saturated heterocycles. The molecule has 2 heterocycles. The van der Waals surface area contributed by atoms with Crippen LogP contribution in [0.2, 0.25) is 0 Å². The fourth-order valence-corrected chi connectivity index (χ4v) is 3.42. The van der Waals surface area contributed by atoms with Crippen LogP contribution in [0.3, 0.4) is 0 Å². The van der Waals surface area contributed by atoms with Crippen LogP contribution in [-0.2, 0) is 0 Å². The van der Waals surface area contributed by atoms with E-state index in [9.17, 15) is 4.39 Å². The molecule has 132 valence electrons. The lowest BCUT2D eigenvalue weighted by Gasteiger charge is -2.25. The second kappa shape index (κ2) is 7.07. The first kappa shape index (κ1) is 16.4. The summed E-state index contributed by atoms with van der Waals surface area (Å²) in [7, 11) is 1.66. The van der Waals surface area contributed by atoms with E-state index in [1.807, 2.05) is 18.2 Å². The van der Waals surface area contributed by atoms with Crippen molar-refractivity contribution in [2.24, 2.45) is 0 Å². The van der Waals surface area contributed by atoms with Crippen molar-refractivity contribution in [2.75, 3.05) is 18.6 Å². The molecule has 0 spiro atoms. The molecule has 0 amide bonds. The van der Waals surface area contributed by atoms with Gasteiger partial charge >= 0.3 is 0 Å². The van der Waals surface area contributed by atoms with Crippen molar-refractivity contribution in [1.29, 1.82) is 0 Å². The lowest BCUT2D eigenvalue weighted by molar-refractivity contribution is 0.413. The van der Waals surface area contributed by atoms with Gasteiger partial charge in [-0.25, -0.2) is 9.37 Å². The van der Waals surface area contributed by atoms with Crippen LogP contribution in [0.4, 0.5) is 10.3 Å². The van der Waals surface area contributed by atoms with Crippen molar-refractivity contribution in [3.05, 3.63) is 66.1 Å². The number of nitrogens with zero attached hydrogens (tertiary/aromatic N) is 4. The Morgan fingerprint density at radius 2 is 2.04 bits per heavy atom. The first-order chi connectivity index (χ1) is 12.8. The normalized spacial score (nSPS) is 16.7. The number of hydrogen-bond acceptors (Lipinski definition) is 5. The topological polar surface area (TPSA) is 51.1 Å². The first-order valence-electron chi connectivity index (χ1n) is 8.61. The standard InChI is InChI=1S/C20H19FN4O/c1-26-15-7-4-6-14(12-15)19-10-5-11-25(19)20-23-18(13-22-24-20)16-8-2-3-9-17(16)21/h2-4,6-9,12-13,19H,5,10-11H2,1H3/t19-/m0/s1. The minimum atomic E-state index is -0.315. The minimum Gasteiger partial charge on any atom is -0.497 e. The fraction of sp³-hybridized carbons (Fsp3) is 0.250. The van der Waals surface area contributed by atoms with E-state index in [0.717, 1.165) is 30.7 Å². The van der Waals surface area contributed by atoms with Crippen LogP contribution in [0.25, 0.3) is 11.3 Å². The van der Waals surface area contributed by atoms with Crippen molar-refractivity contribution in [3.8, 4) is 17.0 Å². The SMILES string of the molecule is COc1cccc([C@@H]2CCCN2c2nncc(-c3ccccc3F)n2)c1. The van der Waals surface area contributed by atoms with Crippen LogP contribution in [0.15, 0.2) is 54.7 Å². The van der Waals surface area contributed by atoms with Gasteiger partial charge in [0.25, 0.3) is 0 Å². The highest BCUT2D eigenvalue weighted by Crippen LogP contribution is 2.36. The Hall–Kier alpha value is -3.02. The quantitative estimate of drug-likeness (QED) is 0.711. The van der Waals surface area contributed by atoms with E-state index in [0.29, 0.717) is 17.2 Å². The number of benzene rings is 2. The molecule has 0 N–H and O–H groups in total. The molecule has 4 rings (SSSR count). The van der Waals surface area contributed by atoms with Crippen LogP contribution >= 0.6 is 0 Å². The predicted molar refractivity (Wildman–Crippen MR) is 97.5 cm³/mol. The summed E-state index contributed by atoms with van der Waals surface area (Å²) in [5.74, 6) is 1.04. The zero-order valence-corrected chi connectivity index (χ0v) is 14.5. The van der Waals surface area contributed by atoms with E-state index >= 15 is 0 Å². The number of ether oxygens (including phenoxy) is 1. The third-order valence-electron chi connectivity index (χ3n) is 4.69. The average Bonchev–Trinajstić information content (AvgIpc) is 3.18. The predicted octanol–water partition coefficient (Wildman–Crippen LogP) is 4.03. The molecule has 1 aliphatic rings. The van der Waals surface area contributed by atoms with E-state index in [1.165, 1.54) is 12.3 Å². The molecule has 1 aromatic heterocycles. The number of methoxy groups -OCH3 is 1. The third kappa shape index (κ3) is 3.10. The molecule has 0 unspecified atom stereocenters. The Morgan fingerprint density at radius 1 is 1.15 bits per heavy atom. The summed E-state index contributed by atoms with van der Waals surface area (Å²) in [4.78, 5) is 6.72. The average molecular weight is 350 g/mol. The van der Waals surface area contributed by atoms with E-state index < -0.39 is 0 Å². The van der Waals surface area contributed by atoms with Crippen molar-refractivity contribution >= 4 is 5.95 Å². The molecule has 1 atom stereocenters. The van der Waals surface area contributed by atoms with Gasteiger partial charge in [-0.05, 0) is 42.7 Å². The van der Waals surface area contributed by atoms with E-state index in [2.05, 4.69) is 26.1 Å². The molecule has 26 heavy (non-hydrogen) atoms. The molecule has 0 saturated carbocycles. The van der Waals surface area contributed by atoms with Crippen molar-refractivity contribution in [2.45, 2.75) is 18.9 Å². The van der Waals surface area contributed by atoms with Crippen molar-refractivity contribution in [1.82, 2.24) is 15.2 Å². The van der Waals surface area contributed by atoms with Crippen LogP contribution in [0.1, 0.15) is 24.4 Å². The molecule has 0 aliphatic carbocycles. The Bertz CT molecular complexity index is 918. The van der Waals surface area contributed by atoms with Crippen LogP contribution in [-0.4, -0.2) is 28.8 Å². The number of aromatic nitrogens is 3. The number of anilines is 1. The summed E-state index contributed by atoms with van der Waals surface area (Å²) in [5.41, 5.74) is 2.08. The van der Waals surface area contributed by atoms with E-state index in [-0.39, 0.29) is 11.9 Å². The maximum absolute atomic E-state index is 14.1. The Balaban J connectivity index is 1.68. The second-order valence-corrected chi connectivity index (χ2v) is 6.25. The van der Waals surface area contributed by atoms with E-state index in [1.54, 1.807) is 25.3 Å². The highest BCUT2D eigenvalue weighted by molar-refractivity contribution is 5.60. The Kier molecular flexibility index (Phi) is 4.48. The second-order valence-electron chi connectivity index (χ2n) is 6.25. The molecule has 3 aromatic rings. The zero-order valence-electron chi connectivity index (χ0n) is 14.5. The number of rotatable bonds is 4. The summed E-state index contributed by atoms with van der Waals surface area (Å²) in [6.45, 7) is 0.838. The summed E-state index contributed by atoms with van der Waals surface area (Å²) in [5, 5.41) is 8.27. The van der Waals surface area contributed by atoms with Crippen LogP contribution in [0, 0.1) is 5.82 Å². The summed E-state index contributed by atoms with van der Waals surface area (Å²) >= 11 is 0. The molecule has 0 bridgehead atoms. The monoisotopic (exact) mass is 350 g/mol. The van der Waals surface area contributed by atoms with Crippen molar-refractivity contribution in [3.63, 3.8) is 0 Å². The smallest absolute Gasteiger partial charge is 0.246 e. The lowest BCUT2D eigenvalue weighted by atomic mass is 10.0. The summed E-state index contributed by atoms with van der Waals surface area (Å²) < 4.78 is 19.4. The Labute approximate surface area is 151 Å². The molecule has 1 aliphatic heterocycles. The lowest BCUT2D eigenvalue weighted by Crippen LogP contribution is -2.25. The molecule has 2 aromatic carbocycles. The summed E-state index contributed by atoms with van der Waals surface area (Å²) in [6, 6.07) is 14.8. The minimum absolute atomic E-state index is 0.155. The molecule has 6 heteroatoms. The maximum atomic E-state index is 14.1. The fourth-order valence-electron chi connectivity index (χ4n) is 3.42. The highest BCUT2D eigenvalue weighted by Gasteiger charge is 2.29. The van der Waals surface area contributed by atoms with Gasteiger partial charge in [-0.1, -0.05) is 24.3 Å². The van der Waals surface area contributed by atoms with Gasteiger partial charge < -0.3 is 9.64 Å². The molecule has 5 nitrogen and oxygen atoms in total. The number of halogens is 1. The van der Waals surface area contributed by atoms with Gasteiger partial charge in [0.15, 0.2) is 0 Å². The molecular weight excluding hydrogens is 331 g/mol. The molecular formula is C20H19FN4O. The van der Waals surface area contributed by atoms with Gasteiger partial charge in [0.1, 0.15) is 11.6 Å². The van der Waals surface area contributed by atoms with Gasteiger partial charge in [-0.3, -0.25) is 0 Å². The van der Waals surface area contributed by atoms with Gasteiger partial charge in [-0.15, -0.1) is 5.10 Å². The third-order valence-corrected chi connectivity index (χ3v) is 4.69. The highest BCUT2D eigenvalue weighted by atomic mass is 19.1. The summed E-state index contributed by atoms with van der Waals surface area (Å²) in [6.07, 6.45) is 3.54.